The number of hydrogen-bond donors (Lipinski definition) is 1. The van der Waals surface area contributed by atoms with Crippen molar-refractivity contribution in [2.75, 3.05) is 6.61 Å². The quantitative estimate of drug-likeness (QED) is 0.863. The van der Waals surface area contributed by atoms with Gasteiger partial charge in [-0.15, -0.1) is 0 Å². The standard InChI is InChI=1S/C17H23NO/c1-4-9-17(5-2)16-13(8-10-19-17)14-11-12(3)6-7-15(14)18-16/h6-7,11,18H,4-5,8-10H2,1-3H3. The molecule has 2 heteroatoms. The van der Waals surface area contributed by atoms with Gasteiger partial charge in [0.25, 0.3) is 0 Å². The average Bonchev–Trinajstić information content (AvgIpc) is 2.78. The molecule has 0 amide bonds. The van der Waals surface area contributed by atoms with Crippen molar-refractivity contribution in [2.45, 2.75) is 52.1 Å². The fraction of sp³-hybridized carbons (Fsp3) is 0.529. The molecule has 1 unspecified atom stereocenters. The van der Waals surface area contributed by atoms with Crippen molar-refractivity contribution in [1.82, 2.24) is 4.98 Å². The maximum atomic E-state index is 6.21. The summed E-state index contributed by atoms with van der Waals surface area (Å²) in [5.41, 5.74) is 5.33. The van der Waals surface area contributed by atoms with E-state index in [-0.39, 0.29) is 5.60 Å². The maximum absolute atomic E-state index is 6.21. The van der Waals surface area contributed by atoms with Gasteiger partial charge in [-0.25, -0.2) is 0 Å². The second-order valence-electron chi connectivity index (χ2n) is 5.72. The lowest BCUT2D eigenvalue weighted by molar-refractivity contribution is -0.0723. The molecule has 0 bridgehead atoms. The zero-order chi connectivity index (χ0) is 13.5. The minimum absolute atomic E-state index is 0.0880. The molecule has 0 spiro atoms. The number of fused-ring (bicyclic) bond motifs is 3. The molecule has 1 N–H and O–H groups in total. The van der Waals surface area contributed by atoms with Crippen LogP contribution in [-0.2, 0) is 16.8 Å². The van der Waals surface area contributed by atoms with Gasteiger partial charge >= 0.3 is 0 Å². The largest absolute Gasteiger partial charge is 0.368 e. The van der Waals surface area contributed by atoms with Crippen LogP contribution in [0.4, 0.5) is 0 Å². The molecule has 102 valence electrons. The van der Waals surface area contributed by atoms with Crippen LogP contribution in [0.25, 0.3) is 10.9 Å². The molecule has 1 aromatic carbocycles. The molecule has 1 atom stereocenters. The smallest absolute Gasteiger partial charge is 0.108 e. The topological polar surface area (TPSA) is 25.0 Å². The molecule has 0 radical (unpaired) electrons. The van der Waals surface area contributed by atoms with Crippen LogP contribution in [0, 0.1) is 6.92 Å². The number of ether oxygens (including phenoxy) is 1. The van der Waals surface area contributed by atoms with Crippen LogP contribution >= 0.6 is 0 Å². The van der Waals surface area contributed by atoms with Crippen LogP contribution in [-0.4, -0.2) is 11.6 Å². The number of aromatic amines is 1. The monoisotopic (exact) mass is 257 g/mol. The fourth-order valence-corrected chi connectivity index (χ4v) is 3.49. The molecule has 19 heavy (non-hydrogen) atoms. The SMILES string of the molecule is CCCC1(CC)OCCc2c1[nH]c1ccc(C)cc21. The van der Waals surface area contributed by atoms with Crippen molar-refractivity contribution >= 4 is 10.9 Å². The molecule has 0 saturated heterocycles. The Labute approximate surface area is 115 Å². The summed E-state index contributed by atoms with van der Waals surface area (Å²) in [7, 11) is 0. The normalized spacial score (nSPS) is 22.7. The average molecular weight is 257 g/mol. The Hall–Kier alpha value is -1.28. The van der Waals surface area contributed by atoms with Crippen LogP contribution in [0.2, 0.25) is 0 Å². The molecule has 1 aliphatic rings. The summed E-state index contributed by atoms with van der Waals surface area (Å²) in [4.78, 5) is 3.64. The van der Waals surface area contributed by atoms with Gasteiger partial charge < -0.3 is 9.72 Å². The van der Waals surface area contributed by atoms with Crippen molar-refractivity contribution in [3.05, 3.63) is 35.0 Å². The summed E-state index contributed by atoms with van der Waals surface area (Å²) >= 11 is 0. The highest BCUT2D eigenvalue weighted by Gasteiger charge is 2.37. The van der Waals surface area contributed by atoms with E-state index in [0.29, 0.717) is 0 Å². The van der Waals surface area contributed by atoms with E-state index in [2.05, 4.69) is 44.0 Å². The minimum Gasteiger partial charge on any atom is -0.368 e. The van der Waals surface area contributed by atoms with Gasteiger partial charge in [-0.1, -0.05) is 31.9 Å². The Kier molecular flexibility index (Phi) is 3.14. The molecular weight excluding hydrogens is 234 g/mol. The third kappa shape index (κ3) is 1.90. The number of rotatable bonds is 3. The number of hydrogen-bond acceptors (Lipinski definition) is 1. The number of benzene rings is 1. The summed E-state index contributed by atoms with van der Waals surface area (Å²) in [6.07, 6.45) is 4.33. The molecule has 1 aliphatic heterocycles. The zero-order valence-corrected chi connectivity index (χ0v) is 12.2. The van der Waals surface area contributed by atoms with Gasteiger partial charge in [-0.05, 0) is 43.9 Å². The molecule has 2 aromatic rings. The molecule has 2 nitrogen and oxygen atoms in total. The van der Waals surface area contributed by atoms with Crippen molar-refractivity contribution in [3.63, 3.8) is 0 Å². The summed E-state index contributed by atoms with van der Waals surface area (Å²) in [5, 5.41) is 1.40. The zero-order valence-electron chi connectivity index (χ0n) is 12.2. The Morgan fingerprint density at radius 2 is 2.16 bits per heavy atom. The highest BCUT2D eigenvalue weighted by molar-refractivity contribution is 5.86. The number of aryl methyl sites for hydroxylation is 1. The molecule has 0 aliphatic carbocycles. The summed E-state index contributed by atoms with van der Waals surface area (Å²) < 4.78 is 6.21. The number of H-pyrrole nitrogens is 1. The first kappa shape index (κ1) is 12.7. The lowest BCUT2D eigenvalue weighted by atomic mass is 9.85. The highest BCUT2D eigenvalue weighted by atomic mass is 16.5. The Morgan fingerprint density at radius 1 is 1.32 bits per heavy atom. The van der Waals surface area contributed by atoms with E-state index < -0.39 is 0 Å². The fourth-order valence-electron chi connectivity index (χ4n) is 3.49. The second-order valence-corrected chi connectivity index (χ2v) is 5.72. The van der Waals surface area contributed by atoms with E-state index >= 15 is 0 Å². The van der Waals surface area contributed by atoms with Crippen LogP contribution < -0.4 is 0 Å². The van der Waals surface area contributed by atoms with Gasteiger partial charge in [0, 0.05) is 10.9 Å². The second kappa shape index (κ2) is 4.68. The lowest BCUT2D eigenvalue weighted by Gasteiger charge is -2.36. The number of aromatic nitrogens is 1. The summed E-state index contributed by atoms with van der Waals surface area (Å²) in [6, 6.07) is 6.69. The first-order valence-electron chi connectivity index (χ1n) is 7.46. The third-order valence-corrected chi connectivity index (χ3v) is 4.47. The Morgan fingerprint density at radius 3 is 2.89 bits per heavy atom. The van der Waals surface area contributed by atoms with E-state index in [0.717, 1.165) is 32.3 Å². The maximum Gasteiger partial charge on any atom is 0.108 e. The molecule has 1 aromatic heterocycles. The van der Waals surface area contributed by atoms with Crippen LogP contribution in [0.1, 0.15) is 49.9 Å². The van der Waals surface area contributed by atoms with E-state index in [1.165, 1.54) is 27.7 Å². The molecule has 2 heterocycles. The summed E-state index contributed by atoms with van der Waals surface area (Å²) in [6.45, 7) is 7.49. The summed E-state index contributed by atoms with van der Waals surface area (Å²) in [5.74, 6) is 0. The van der Waals surface area contributed by atoms with Gasteiger partial charge in [0.05, 0.1) is 12.3 Å². The van der Waals surface area contributed by atoms with E-state index in [9.17, 15) is 0 Å². The van der Waals surface area contributed by atoms with Crippen molar-refractivity contribution in [1.29, 1.82) is 0 Å². The van der Waals surface area contributed by atoms with E-state index in [1.54, 1.807) is 0 Å². The predicted molar refractivity (Wildman–Crippen MR) is 79.6 cm³/mol. The molecule has 0 saturated carbocycles. The Bertz CT molecular complexity index is 599. The first-order chi connectivity index (χ1) is 9.20. The van der Waals surface area contributed by atoms with Crippen LogP contribution in [0.15, 0.2) is 18.2 Å². The number of nitrogens with one attached hydrogen (secondary N) is 1. The van der Waals surface area contributed by atoms with Gasteiger partial charge in [-0.2, -0.15) is 0 Å². The third-order valence-electron chi connectivity index (χ3n) is 4.47. The van der Waals surface area contributed by atoms with Gasteiger partial charge in [0.1, 0.15) is 5.60 Å². The van der Waals surface area contributed by atoms with Crippen molar-refractivity contribution in [3.8, 4) is 0 Å². The molecule has 0 fully saturated rings. The Balaban J connectivity index is 2.22. The van der Waals surface area contributed by atoms with Gasteiger partial charge in [-0.3, -0.25) is 0 Å². The first-order valence-corrected chi connectivity index (χ1v) is 7.46. The molecule has 3 rings (SSSR count). The molecular formula is C17H23NO. The van der Waals surface area contributed by atoms with E-state index in [1.807, 2.05) is 0 Å². The minimum atomic E-state index is -0.0880. The van der Waals surface area contributed by atoms with Gasteiger partial charge in [0.15, 0.2) is 0 Å². The van der Waals surface area contributed by atoms with Crippen LogP contribution in [0.3, 0.4) is 0 Å². The highest BCUT2D eigenvalue weighted by Crippen LogP contribution is 2.42. The van der Waals surface area contributed by atoms with Crippen molar-refractivity contribution < 1.29 is 4.74 Å². The van der Waals surface area contributed by atoms with Gasteiger partial charge in [0.2, 0.25) is 0 Å². The van der Waals surface area contributed by atoms with Crippen molar-refractivity contribution in [2.24, 2.45) is 0 Å². The van der Waals surface area contributed by atoms with Crippen LogP contribution in [0.5, 0.6) is 0 Å². The predicted octanol–water partition coefficient (Wildman–Crippen LogP) is 4.45. The van der Waals surface area contributed by atoms with E-state index in [4.69, 9.17) is 4.74 Å². The lowest BCUT2D eigenvalue weighted by Crippen LogP contribution is -2.35.